The van der Waals surface area contributed by atoms with Crippen LogP contribution in [0.15, 0.2) is 54.9 Å². The van der Waals surface area contributed by atoms with Gasteiger partial charge < -0.3 is 14.8 Å². The minimum absolute atomic E-state index is 0.121. The molecule has 0 radical (unpaired) electrons. The first-order valence-electron chi connectivity index (χ1n) is 10.3. The van der Waals surface area contributed by atoms with E-state index in [0.29, 0.717) is 11.8 Å². The van der Waals surface area contributed by atoms with Crippen LogP contribution in [0.3, 0.4) is 0 Å². The molecule has 0 saturated carbocycles. The molecular weight excluding hydrogens is 395 g/mol. The number of rotatable bonds is 5. The van der Waals surface area contributed by atoms with Crippen molar-refractivity contribution in [3.63, 3.8) is 0 Å². The van der Waals surface area contributed by atoms with E-state index in [2.05, 4.69) is 21.9 Å². The average molecular weight is 418 g/mol. The van der Waals surface area contributed by atoms with Crippen LogP contribution in [-0.4, -0.2) is 35.0 Å². The van der Waals surface area contributed by atoms with Crippen LogP contribution < -0.4 is 14.8 Å². The molecule has 31 heavy (non-hydrogen) atoms. The molecule has 1 aliphatic heterocycles. The highest BCUT2D eigenvalue weighted by Gasteiger charge is 2.23. The molecule has 158 valence electrons. The van der Waals surface area contributed by atoms with Crippen LogP contribution >= 0.6 is 0 Å². The molecule has 2 aromatic carbocycles. The Balaban J connectivity index is 1.50. The molecule has 1 aliphatic rings. The zero-order chi connectivity index (χ0) is 21.4. The van der Waals surface area contributed by atoms with Gasteiger partial charge in [0.05, 0.1) is 18.7 Å². The van der Waals surface area contributed by atoms with Crippen molar-refractivity contribution < 1.29 is 13.9 Å². The summed E-state index contributed by atoms with van der Waals surface area (Å²) in [5.41, 5.74) is 4.08. The predicted octanol–water partition coefficient (Wildman–Crippen LogP) is 4.88. The molecule has 0 unspecified atom stereocenters. The van der Waals surface area contributed by atoms with Gasteiger partial charge in [-0.2, -0.15) is 9.49 Å². The number of hydrogen-bond donors (Lipinski definition) is 1. The number of benzene rings is 2. The van der Waals surface area contributed by atoms with Crippen LogP contribution in [0.5, 0.6) is 17.2 Å². The third-order valence-corrected chi connectivity index (χ3v) is 5.68. The highest BCUT2D eigenvalue weighted by atomic mass is 19.1. The maximum absolute atomic E-state index is 14.4. The number of nitrogens with one attached hydrogen (secondary N) is 1. The number of aryl methyl sites for hydroxylation is 1. The Labute approximate surface area is 179 Å². The lowest BCUT2D eigenvalue weighted by molar-refractivity contribution is 0.368. The van der Waals surface area contributed by atoms with Crippen molar-refractivity contribution in [2.75, 3.05) is 20.2 Å². The molecule has 1 N–H and O–H groups in total. The number of methoxy groups -OCH3 is 1. The second-order valence-electron chi connectivity index (χ2n) is 7.69. The molecule has 3 heterocycles. The summed E-state index contributed by atoms with van der Waals surface area (Å²) in [5.74, 6) is 0.283. The summed E-state index contributed by atoms with van der Waals surface area (Å²) in [6, 6.07) is 12.7. The van der Waals surface area contributed by atoms with Crippen LogP contribution in [0, 0.1) is 12.7 Å². The minimum atomic E-state index is -0.523. The van der Waals surface area contributed by atoms with E-state index in [1.54, 1.807) is 18.2 Å². The van der Waals surface area contributed by atoms with Gasteiger partial charge in [-0.3, -0.25) is 9.67 Å². The van der Waals surface area contributed by atoms with Gasteiger partial charge >= 0.3 is 0 Å². The van der Waals surface area contributed by atoms with Crippen molar-refractivity contribution in [2.45, 2.75) is 19.4 Å². The fourth-order valence-corrected chi connectivity index (χ4v) is 4.11. The lowest BCUT2D eigenvalue weighted by Gasteiger charge is -2.11. The maximum atomic E-state index is 14.4. The zero-order valence-electron chi connectivity index (χ0n) is 17.4. The van der Waals surface area contributed by atoms with Crippen LogP contribution in [0.2, 0.25) is 0 Å². The number of halogens is 1. The van der Waals surface area contributed by atoms with Crippen LogP contribution in [-0.2, 0) is 0 Å². The van der Waals surface area contributed by atoms with E-state index in [1.807, 2.05) is 36.7 Å². The number of nitrogens with zero attached hydrogens (tertiary/aromatic N) is 3. The first-order valence-corrected chi connectivity index (χ1v) is 10.3. The van der Waals surface area contributed by atoms with Crippen molar-refractivity contribution in [1.82, 2.24) is 20.1 Å². The molecule has 0 spiro atoms. The molecule has 7 heteroatoms. The van der Waals surface area contributed by atoms with Gasteiger partial charge in [0.2, 0.25) is 5.82 Å². The van der Waals surface area contributed by atoms with Crippen molar-refractivity contribution in [3.05, 3.63) is 66.2 Å². The van der Waals surface area contributed by atoms with Gasteiger partial charge in [0.25, 0.3) is 0 Å². The van der Waals surface area contributed by atoms with Gasteiger partial charge in [-0.15, -0.1) is 0 Å². The lowest BCUT2D eigenvalue weighted by Crippen LogP contribution is -2.14. The third-order valence-electron chi connectivity index (χ3n) is 5.68. The number of hydrogen-bond acceptors (Lipinski definition) is 5. The van der Waals surface area contributed by atoms with E-state index in [4.69, 9.17) is 14.6 Å². The summed E-state index contributed by atoms with van der Waals surface area (Å²) in [6.45, 7) is 3.98. The van der Waals surface area contributed by atoms with Gasteiger partial charge in [0, 0.05) is 29.9 Å². The third kappa shape index (κ3) is 3.51. The smallest absolute Gasteiger partial charge is 0.207 e. The number of ether oxygens (including phenoxy) is 2. The normalized spacial score (nSPS) is 16.0. The van der Waals surface area contributed by atoms with Gasteiger partial charge in [0.15, 0.2) is 11.5 Å². The summed E-state index contributed by atoms with van der Waals surface area (Å²) >= 11 is 0. The second-order valence-corrected chi connectivity index (χ2v) is 7.69. The van der Waals surface area contributed by atoms with Gasteiger partial charge in [-0.1, -0.05) is 6.07 Å². The molecule has 0 bridgehead atoms. The monoisotopic (exact) mass is 418 g/mol. The van der Waals surface area contributed by atoms with Gasteiger partial charge in [0.1, 0.15) is 11.4 Å². The van der Waals surface area contributed by atoms with E-state index in [-0.39, 0.29) is 11.5 Å². The van der Waals surface area contributed by atoms with E-state index in [1.165, 1.54) is 7.11 Å². The molecule has 1 fully saturated rings. The Morgan fingerprint density at radius 1 is 1.10 bits per heavy atom. The molecule has 6 nitrogen and oxygen atoms in total. The van der Waals surface area contributed by atoms with Gasteiger partial charge in [-0.05, 0) is 61.9 Å². The lowest BCUT2D eigenvalue weighted by atomic mass is 10.1. The molecular formula is C24H23FN4O2. The first kappa shape index (κ1) is 19.5. The van der Waals surface area contributed by atoms with Crippen molar-refractivity contribution in [1.29, 1.82) is 0 Å². The highest BCUT2D eigenvalue weighted by Crippen LogP contribution is 2.34. The van der Waals surface area contributed by atoms with E-state index in [0.717, 1.165) is 47.2 Å². The summed E-state index contributed by atoms with van der Waals surface area (Å²) < 4.78 is 27.3. The first-order chi connectivity index (χ1) is 15.2. The Bertz CT molecular complexity index is 1230. The number of aromatic nitrogens is 3. The van der Waals surface area contributed by atoms with Gasteiger partial charge in [-0.25, -0.2) is 0 Å². The SMILES string of the molecule is COc1cccc(Oc2ccc(-c3nn([C@@H]4CCNC4)c4c(C)cncc34)cc2)c1F. The number of pyridine rings is 1. The molecule has 1 atom stereocenters. The maximum Gasteiger partial charge on any atom is 0.207 e. The predicted molar refractivity (Wildman–Crippen MR) is 117 cm³/mol. The summed E-state index contributed by atoms with van der Waals surface area (Å²) in [4.78, 5) is 4.39. The molecule has 2 aromatic heterocycles. The fourth-order valence-electron chi connectivity index (χ4n) is 4.11. The Kier molecular flexibility index (Phi) is 5.03. The molecule has 0 aliphatic carbocycles. The molecule has 0 amide bonds. The second kappa shape index (κ2) is 8.00. The Hall–Kier alpha value is -3.45. The molecule has 4 aromatic rings. The van der Waals surface area contributed by atoms with Crippen molar-refractivity contribution in [2.24, 2.45) is 0 Å². The van der Waals surface area contributed by atoms with Crippen LogP contribution in [0.1, 0.15) is 18.0 Å². The van der Waals surface area contributed by atoms with Crippen LogP contribution in [0.25, 0.3) is 22.2 Å². The standard InChI is InChI=1S/C24H23FN4O2/c1-15-12-27-14-19-23(28-29(24(15)19)17-10-11-26-13-17)16-6-8-18(9-7-16)31-21-5-3-4-20(30-2)22(21)25/h3-9,12,14,17,26H,10-11,13H2,1-2H3/t17-/m1/s1. The Morgan fingerprint density at radius 3 is 2.65 bits per heavy atom. The Morgan fingerprint density at radius 2 is 1.90 bits per heavy atom. The summed E-state index contributed by atoms with van der Waals surface area (Å²) in [6.07, 6.45) is 4.81. The average Bonchev–Trinajstić information content (AvgIpc) is 3.44. The highest BCUT2D eigenvalue weighted by molar-refractivity contribution is 5.94. The van der Waals surface area contributed by atoms with E-state index < -0.39 is 5.82 Å². The topological polar surface area (TPSA) is 61.2 Å². The quantitative estimate of drug-likeness (QED) is 0.501. The van der Waals surface area contributed by atoms with Crippen LogP contribution in [0.4, 0.5) is 4.39 Å². The molecule has 5 rings (SSSR count). The van der Waals surface area contributed by atoms with E-state index >= 15 is 0 Å². The largest absolute Gasteiger partial charge is 0.494 e. The summed E-state index contributed by atoms with van der Waals surface area (Å²) in [7, 11) is 1.43. The van der Waals surface area contributed by atoms with Crippen molar-refractivity contribution >= 4 is 10.9 Å². The van der Waals surface area contributed by atoms with E-state index in [9.17, 15) is 4.39 Å². The molecule has 1 saturated heterocycles. The number of fused-ring (bicyclic) bond motifs is 1. The van der Waals surface area contributed by atoms with Crippen molar-refractivity contribution in [3.8, 4) is 28.5 Å². The fraction of sp³-hybridized carbons (Fsp3) is 0.250. The zero-order valence-corrected chi connectivity index (χ0v) is 17.4. The minimum Gasteiger partial charge on any atom is -0.494 e. The summed E-state index contributed by atoms with van der Waals surface area (Å²) in [5, 5.41) is 9.41.